The van der Waals surface area contributed by atoms with Gasteiger partial charge in [-0.25, -0.2) is 5.10 Å². The first-order valence-electron chi connectivity index (χ1n) is 5.75. The van der Waals surface area contributed by atoms with Gasteiger partial charge in [-0.15, -0.1) is 0 Å². The number of aromatic nitrogens is 4. The first-order valence-corrected chi connectivity index (χ1v) is 5.75. The van der Waals surface area contributed by atoms with Crippen molar-refractivity contribution in [1.29, 1.82) is 0 Å². The molecule has 0 aromatic carbocycles. The van der Waals surface area contributed by atoms with Crippen LogP contribution in [0.2, 0.25) is 0 Å². The minimum Gasteiger partial charge on any atom is -0.267 e. The van der Waals surface area contributed by atoms with Gasteiger partial charge < -0.3 is 0 Å². The van der Waals surface area contributed by atoms with Gasteiger partial charge in [0.05, 0.1) is 11.8 Å². The van der Waals surface area contributed by atoms with Crippen LogP contribution in [0.3, 0.4) is 0 Å². The lowest BCUT2D eigenvalue weighted by atomic mass is 10.00. The van der Waals surface area contributed by atoms with Gasteiger partial charge in [0, 0.05) is 41.5 Å². The van der Waals surface area contributed by atoms with Crippen molar-refractivity contribution in [1.82, 2.24) is 20.2 Å². The Bertz CT molecular complexity index is 738. The Morgan fingerprint density at radius 2 is 1.58 bits per heavy atom. The molecule has 3 rings (SSSR count). The Balaban J connectivity index is 2.28. The topological polar surface area (TPSA) is 71.5 Å². The molecule has 0 aliphatic carbocycles. The molecule has 3 aromatic heterocycles. The van der Waals surface area contributed by atoms with E-state index in [-0.39, 0.29) is 5.56 Å². The minimum absolute atomic E-state index is 0.241. The van der Waals surface area contributed by atoms with Gasteiger partial charge in [0.15, 0.2) is 0 Å². The third-order valence-electron chi connectivity index (χ3n) is 2.78. The Hall–Kier alpha value is -2.82. The van der Waals surface area contributed by atoms with E-state index in [4.69, 9.17) is 0 Å². The number of pyridine rings is 2. The fraction of sp³-hybridized carbons (Fsp3) is 0. The Morgan fingerprint density at radius 3 is 2.21 bits per heavy atom. The second-order valence-corrected chi connectivity index (χ2v) is 3.97. The Kier molecular flexibility index (Phi) is 2.86. The molecule has 0 atom stereocenters. The summed E-state index contributed by atoms with van der Waals surface area (Å²) in [6.45, 7) is 0. The predicted molar refractivity (Wildman–Crippen MR) is 71.3 cm³/mol. The highest BCUT2D eigenvalue weighted by atomic mass is 16.1. The second-order valence-electron chi connectivity index (χ2n) is 3.97. The van der Waals surface area contributed by atoms with Gasteiger partial charge in [0.2, 0.25) is 0 Å². The standard InChI is InChI=1S/C14H10N4O/c19-14-13(11-4-2-6-16-8-11)12(9-17-18-14)10-3-1-5-15-7-10/h1-9H,(H,18,19). The SMILES string of the molecule is O=c1[nH]ncc(-c2cccnc2)c1-c1cccnc1. The first-order chi connectivity index (χ1) is 9.36. The molecule has 0 saturated heterocycles. The van der Waals surface area contributed by atoms with Gasteiger partial charge in [-0.2, -0.15) is 5.10 Å². The van der Waals surface area contributed by atoms with E-state index in [0.29, 0.717) is 5.56 Å². The number of H-pyrrole nitrogens is 1. The zero-order valence-electron chi connectivity index (χ0n) is 9.95. The van der Waals surface area contributed by atoms with Crippen LogP contribution in [-0.4, -0.2) is 20.2 Å². The van der Waals surface area contributed by atoms with E-state index >= 15 is 0 Å². The summed E-state index contributed by atoms with van der Waals surface area (Å²) in [6, 6.07) is 7.35. The average molecular weight is 250 g/mol. The number of hydrogen-bond donors (Lipinski definition) is 1. The maximum absolute atomic E-state index is 12.0. The van der Waals surface area contributed by atoms with Crippen molar-refractivity contribution in [2.75, 3.05) is 0 Å². The molecule has 0 aliphatic heterocycles. The molecule has 5 heteroatoms. The molecular weight excluding hydrogens is 240 g/mol. The van der Waals surface area contributed by atoms with E-state index in [1.165, 1.54) is 0 Å². The maximum Gasteiger partial charge on any atom is 0.272 e. The monoisotopic (exact) mass is 250 g/mol. The third-order valence-corrected chi connectivity index (χ3v) is 2.78. The van der Waals surface area contributed by atoms with Gasteiger partial charge in [-0.3, -0.25) is 14.8 Å². The molecule has 0 amide bonds. The fourth-order valence-electron chi connectivity index (χ4n) is 1.94. The summed E-state index contributed by atoms with van der Waals surface area (Å²) in [5.41, 5.74) is 2.65. The molecule has 0 unspecified atom stereocenters. The third kappa shape index (κ3) is 2.13. The van der Waals surface area contributed by atoms with E-state index in [1.807, 2.05) is 18.2 Å². The molecular formula is C14H10N4O. The molecule has 19 heavy (non-hydrogen) atoms. The van der Waals surface area contributed by atoms with E-state index in [0.717, 1.165) is 16.7 Å². The van der Waals surface area contributed by atoms with Crippen LogP contribution in [0.15, 0.2) is 60.0 Å². The average Bonchev–Trinajstić information content (AvgIpc) is 2.49. The summed E-state index contributed by atoms with van der Waals surface area (Å²) in [6.07, 6.45) is 8.35. The van der Waals surface area contributed by atoms with Crippen LogP contribution < -0.4 is 5.56 Å². The van der Waals surface area contributed by atoms with Crippen LogP contribution in [0, 0.1) is 0 Å². The molecule has 5 nitrogen and oxygen atoms in total. The molecule has 0 aliphatic rings. The molecule has 3 heterocycles. The van der Waals surface area contributed by atoms with Crippen LogP contribution in [0.1, 0.15) is 0 Å². The Labute approximate surface area is 109 Å². The van der Waals surface area contributed by atoms with Crippen LogP contribution >= 0.6 is 0 Å². The van der Waals surface area contributed by atoms with E-state index in [9.17, 15) is 4.79 Å². The molecule has 0 fully saturated rings. The van der Waals surface area contributed by atoms with Crippen molar-refractivity contribution in [3.05, 3.63) is 65.6 Å². The summed E-state index contributed by atoms with van der Waals surface area (Å²) in [4.78, 5) is 20.2. The molecule has 1 N–H and O–H groups in total. The van der Waals surface area contributed by atoms with Gasteiger partial charge in [0.25, 0.3) is 5.56 Å². The van der Waals surface area contributed by atoms with Crippen molar-refractivity contribution in [3.8, 4) is 22.3 Å². The van der Waals surface area contributed by atoms with Gasteiger partial charge in [-0.05, 0) is 12.1 Å². The van der Waals surface area contributed by atoms with Gasteiger partial charge in [0.1, 0.15) is 0 Å². The van der Waals surface area contributed by atoms with Crippen molar-refractivity contribution in [3.63, 3.8) is 0 Å². The summed E-state index contributed by atoms with van der Waals surface area (Å²) >= 11 is 0. The summed E-state index contributed by atoms with van der Waals surface area (Å²) in [7, 11) is 0. The summed E-state index contributed by atoms with van der Waals surface area (Å²) in [5.74, 6) is 0. The van der Waals surface area contributed by atoms with E-state index in [2.05, 4.69) is 20.2 Å². The molecule has 3 aromatic rings. The van der Waals surface area contributed by atoms with Crippen LogP contribution in [0.5, 0.6) is 0 Å². The highest BCUT2D eigenvalue weighted by Gasteiger charge is 2.12. The zero-order chi connectivity index (χ0) is 13.1. The number of rotatable bonds is 2. The van der Waals surface area contributed by atoms with Crippen LogP contribution in [0.25, 0.3) is 22.3 Å². The van der Waals surface area contributed by atoms with Gasteiger partial charge >= 0.3 is 0 Å². The quantitative estimate of drug-likeness (QED) is 0.754. The van der Waals surface area contributed by atoms with Crippen LogP contribution in [-0.2, 0) is 0 Å². The lowest BCUT2D eigenvalue weighted by Crippen LogP contribution is -2.12. The number of nitrogens with zero attached hydrogens (tertiary/aromatic N) is 3. The lowest BCUT2D eigenvalue weighted by Gasteiger charge is -2.07. The second kappa shape index (κ2) is 4.81. The van der Waals surface area contributed by atoms with E-state index < -0.39 is 0 Å². The van der Waals surface area contributed by atoms with E-state index in [1.54, 1.807) is 37.1 Å². The van der Waals surface area contributed by atoms with Crippen molar-refractivity contribution in [2.45, 2.75) is 0 Å². The number of aromatic amines is 1. The molecule has 92 valence electrons. The molecule has 0 saturated carbocycles. The molecule has 0 spiro atoms. The fourth-order valence-corrected chi connectivity index (χ4v) is 1.94. The summed E-state index contributed by atoms with van der Waals surface area (Å²) < 4.78 is 0. The molecule has 0 bridgehead atoms. The molecule has 0 radical (unpaired) electrons. The lowest BCUT2D eigenvalue weighted by molar-refractivity contribution is 0.992. The van der Waals surface area contributed by atoms with Crippen molar-refractivity contribution >= 4 is 0 Å². The smallest absolute Gasteiger partial charge is 0.267 e. The van der Waals surface area contributed by atoms with Crippen molar-refractivity contribution < 1.29 is 0 Å². The predicted octanol–water partition coefficient (Wildman–Crippen LogP) is 1.89. The highest BCUT2D eigenvalue weighted by molar-refractivity contribution is 5.81. The zero-order valence-corrected chi connectivity index (χ0v) is 9.95. The van der Waals surface area contributed by atoms with Crippen LogP contribution in [0.4, 0.5) is 0 Å². The normalized spacial score (nSPS) is 10.3. The largest absolute Gasteiger partial charge is 0.272 e. The highest BCUT2D eigenvalue weighted by Crippen LogP contribution is 2.26. The van der Waals surface area contributed by atoms with Crippen molar-refractivity contribution in [2.24, 2.45) is 0 Å². The maximum atomic E-state index is 12.0. The summed E-state index contributed by atoms with van der Waals surface area (Å²) in [5, 5.41) is 6.32. The number of nitrogens with one attached hydrogen (secondary N) is 1. The minimum atomic E-state index is -0.241. The van der Waals surface area contributed by atoms with Gasteiger partial charge in [-0.1, -0.05) is 12.1 Å². The first kappa shape index (κ1) is 11.3. The number of hydrogen-bond acceptors (Lipinski definition) is 4. The Morgan fingerprint density at radius 1 is 0.895 bits per heavy atom.